The van der Waals surface area contributed by atoms with Crippen LogP contribution in [0.1, 0.15) is 41.0 Å². The van der Waals surface area contributed by atoms with E-state index in [2.05, 4.69) is 5.32 Å². The standard InChI is InChI=1S/C24H30N2O7S/c1-13(27)19-18-10-15(11-34-17-8-6-16(7-9-17)25-14(2)28)20(26(18)21(19)29)22(30)32-12-33-23(31)24(3,4)5/h6-9,13,18-19,27H,10-12H2,1-5H3,(H,25,28). The van der Waals surface area contributed by atoms with E-state index in [1.807, 2.05) is 12.1 Å². The second kappa shape index (κ2) is 10.2. The zero-order valence-electron chi connectivity index (χ0n) is 19.9. The van der Waals surface area contributed by atoms with Gasteiger partial charge in [-0.2, -0.15) is 0 Å². The van der Waals surface area contributed by atoms with Gasteiger partial charge in [0.25, 0.3) is 0 Å². The minimum Gasteiger partial charge on any atom is -0.427 e. The number of rotatable bonds is 8. The first-order valence-electron chi connectivity index (χ1n) is 11.0. The molecule has 3 atom stereocenters. The average molecular weight is 491 g/mol. The SMILES string of the molecule is CC(=O)Nc1ccc(SCC2=C(C(=O)OCOC(=O)C(C)(C)C)N3C(=O)C(C(C)O)C3C2)cc1. The Morgan fingerprint density at radius 2 is 1.85 bits per heavy atom. The zero-order chi connectivity index (χ0) is 25.2. The number of aliphatic hydroxyl groups is 1. The highest BCUT2D eigenvalue weighted by molar-refractivity contribution is 7.99. The number of benzene rings is 1. The molecule has 10 heteroatoms. The number of nitrogens with zero attached hydrogens (tertiary/aromatic N) is 1. The molecule has 0 aromatic heterocycles. The van der Waals surface area contributed by atoms with Crippen LogP contribution < -0.4 is 5.32 Å². The highest BCUT2D eigenvalue weighted by atomic mass is 32.2. The molecule has 3 unspecified atom stereocenters. The number of fused-ring (bicyclic) bond motifs is 1. The number of carbonyl (C=O) groups excluding carboxylic acids is 4. The summed E-state index contributed by atoms with van der Waals surface area (Å²) in [6.45, 7) is 7.52. The Bertz CT molecular complexity index is 1010. The molecule has 34 heavy (non-hydrogen) atoms. The van der Waals surface area contributed by atoms with E-state index < -0.39 is 36.2 Å². The molecule has 0 saturated carbocycles. The summed E-state index contributed by atoms with van der Waals surface area (Å²) in [5, 5.41) is 12.7. The Morgan fingerprint density at radius 1 is 1.21 bits per heavy atom. The monoisotopic (exact) mass is 490 g/mol. The summed E-state index contributed by atoms with van der Waals surface area (Å²) in [4.78, 5) is 51.0. The molecule has 9 nitrogen and oxygen atoms in total. The lowest BCUT2D eigenvalue weighted by molar-refractivity contribution is -0.175. The van der Waals surface area contributed by atoms with Crippen LogP contribution in [-0.2, 0) is 28.7 Å². The van der Waals surface area contributed by atoms with Crippen LogP contribution in [0.3, 0.4) is 0 Å². The maximum atomic E-state index is 12.9. The van der Waals surface area contributed by atoms with Gasteiger partial charge in [-0.3, -0.25) is 14.4 Å². The van der Waals surface area contributed by atoms with Crippen molar-refractivity contribution in [3.63, 3.8) is 0 Å². The number of ether oxygens (including phenoxy) is 2. The lowest BCUT2D eigenvalue weighted by Crippen LogP contribution is -2.61. The number of carbonyl (C=O) groups is 4. The summed E-state index contributed by atoms with van der Waals surface area (Å²) < 4.78 is 10.2. The van der Waals surface area contributed by atoms with Crippen LogP contribution in [0.2, 0.25) is 0 Å². The molecule has 2 aliphatic heterocycles. The summed E-state index contributed by atoms with van der Waals surface area (Å²) in [6, 6.07) is 6.98. The summed E-state index contributed by atoms with van der Waals surface area (Å²) in [5.74, 6) is -1.86. The third kappa shape index (κ3) is 5.61. The number of anilines is 1. The van der Waals surface area contributed by atoms with Gasteiger partial charge in [0, 0.05) is 23.3 Å². The van der Waals surface area contributed by atoms with Gasteiger partial charge in [-0.25, -0.2) is 4.79 Å². The average Bonchev–Trinajstić information content (AvgIpc) is 3.05. The van der Waals surface area contributed by atoms with Gasteiger partial charge < -0.3 is 24.8 Å². The largest absolute Gasteiger partial charge is 0.427 e. The Kier molecular flexibility index (Phi) is 7.72. The normalized spacial score (nSPS) is 20.4. The van der Waals surface area contributed by atoms with Crippen molar-refractivity contribution in [3.05, 3.63) is 35.5 Å². The number of aliphatic hydroxyl groups excluding tert-OH is 1. The van der Waals surface area contributed by atoms with Gasteiger partial charge in [-0.05, 0) is 64.0 Å². The number of β-lactam (4-membered cyclic amide) rings is 1. The first kappa shape index (κ1) is 25.8. The van der Waals surface area contributed by atoms with Gasteiger partial charge >= 0.3 is 11.9 Å². The molecule has 184 valence electrons. The van der Waals surface area contributed by atoms with Crippen LogP contribution in [-0.4, -0.2) is 58.5 Å². The van der Waals surface area contributed by atoms with E-state index in [9.17, 15) is 24.3 Å². The molecule has 0 radical (unpaired) electrons. The number of thioether (sulfide) groups is 1. The molecule has 3 rings (SSSR count). The van der Waals surface area contributed by atoms with Crippen molar-refractivity contribution >= 4 is 41.2 Å². The maximum absolute atomic E-state index is 12.9. The van der Waals surface area contributed by atoms with E-state index in [-0.39, 0.29) is 23.6 Å². The first-order valence-corrected chi connectivity index (χ1v) is 12.0. The first-order chi connectivity index (χ1) is 15.9. The number of hydrogen-bond acceptors (Lipinski definition) is 8. The molecule has 0 spiro atoms. The van der Waals surface area contributed by atoms with Gasteiger partial charge in [0.15, 0.2) is 0 Å². The molecule has 1 fully saturated rings. The minimum absolute atomic E-state index is 0.154. The van der Waals surface area contributed by atoms with Crippen molar-refractivity contribution in [2.45, 2.75) is 58.1 Å². The van der Waals surface area contributed by atoms with Crippen molar-refractivity contribution < 1.29 is 33.8 Å². The van der Waals surface area contributed by atoms with E-state index >= 15 is 0 Å². The Hall–Kier alpha value is -2.85. The van der Waals surface area contributed by atoms with Crippen molar-refractivity contribution in [1.29, 1.82) is 0 Å². The Morgan fingerprint density at radius 3 is 2.41 bits per heavy atom. The molecule has 1 aromatic rings. The van der Waals surface area contributed by atoms with Crippen LogP contribution in [0.15, 0.2) is 40.4 Å². The van der Waals surface area contributed by atoms with Crippen molar-refractivity contribution in [2.24, 2.45) is 11.3 Å². The predicted octanol–water partition coefficient (Wildman–Crippen LogP) is 2.69. The van der Waals surface area contributed by atoms with Gasteiger partial charge in [-0.15, -0.1) is 11.8 Å². The molecule has 2 heterocycles. The third-order valence-corrected chi connectivity index (χ3v) is 6.69. The number of hydrogen-bond donors (Lipinski definition) is 2. The van der Waals surface area contributed by atoms with E-state index in [0.29, 0.717) is 17.9 Å². The zero-order valence-corrected chi connectivity index (χ0v) is 20.7. The van der Waals surface area contributed by atoms with Gasteiger partial charge in [0.2, 0.25) is 18.6 Å². The van der Waals surface area contributed by atoms with E-state index in [1.165, 1.54) is 23.6 Å². The Balaban J connectivity index is 1.71. The molecule has 2 amide bonds. The third-order valence-electron chi connectivity index (χ3n) is 5.59. The van der Waals surface area contributed by atoms with E-state index in [0.717, 1.165) is 10.5 Å². The molecule has 1 aromatic carbocycles. The summed E-state index contributed by atoms with van der Waals surface area (Å²) in [5.41, 5.74) is 0.825. The smallest absolute Gasteiger partial charge is 0.357 e. The van der Waals surface area contributed by atoms with Crippen molar-refractivity contribution in [2.75, 3.05) is 17.9 Å². The fourth-order valence-electron chi connectivity index (χ4n) is 3.91. The predicted molar refractivity (Wildman–Crippen MR) is 125 cm³/mol. The molecule has 2 aliphatic rings. The van der Waals surface area contributed by atoms with Gasteiger partial charge in [-0.1, -0.05) is 0 Å². The van der Waals surface area contributed by atoms with Crippen molar-refractivity contribution in [3.8, 4) is 0 Å². The second-order valence-electron chi connectivity index (χ2n) is 9.42. The summed E-state index contributed by atoms with van der Waals surface area (Å²) in [7, 11) is 0. The van der Waals surface area contributed by atoms with Crippen LogP contribution >= 0.6 is 11.8 Å². The van der Waals surface area contributed by atoms with Crippen molar-refractivity contribution in [1.82, 2.24) is 4.90 Å². The maximum Gasteiger partial charge on any atom is 0.357 e. The quantitative estimate of drug-likeness (QED) is 0.247. The van der Waals surface area contributed by atoms with Crippen LogP contribution in [0.4, 0.5) is 5.69 Å². The highest BCUT2D eigenvalue weighted by Crippen LogP contribution is 2.45. The highest BCUT2D eigenvalue weighted by Gasteiger charge is 2.56. The minimum atomic E-state index is -0.827. The molecular weight excluding hydrogens is 460 g/mol. The lowest BCUT2D eigenvalue weighted by Gasteiger charge is -2.44. The van der Waals surface area contributed by atoms with E-state index in [4.69, 9.17) is 9.47 Å². The molecule has 2 N–H and O–H groups in total. The summed E-state index contributed by atoms with van der Waals surface area (Å²) >= 11 is 1.48. The van der Waals surface area contributed by atoms with Gasteiger partial charge in [0.05, 0.1) is 23.5 Å². The molecule has 0 aliphatic carbocycles. The van der Waals surface area contributed by atoms with Crippen LogP contribution in [0.25, 0.3) is 0 Å². The number of nitrogens with one attached hydrogen (secondary N) is 1. The summed E-state index contributed by atoms with van der Waals surface area (Å²) in [6.07, 6.45) is -0.378. The molecular formula is C24H30N2O7S. The molecule has 0 bridgehead atoms. The van der Waals surface area contributed by atoms with E-state index in [1.54, 1.807) is 39.8 Å². The van der Waals surface area contributed by atoms with Crippen LogP contribution in [0.5, 0.6) is 0 Å². The number of amides is 2. The fourth-order valence-corrected chi connectivity index (χ4v) is 4.83. The Labute approximate surface area is 202 Å². The topological polar surface area (TPSA) is 122 Å². The lowest BCUT2D eigenvalue weighted by atomic mass is 9.83. The van der Waals surface area contributed by atoms with Gasteiger partial charge in [0.1, 0.15) is 5.70 Å². The van der Waals surface area contributed by atoms with Crippen LogP contribution in [0, 0.1) is 11.3 Å². The number of esters is 2. The second-order valence-corrected chi connectivity index (χ2v) is 10.5. The fraction of sp³-hybridized carbons (Fsp3) is 0.500. The molecule has 1 saturated heterocycles.